The largest absolute Gasteiger partial charge is 0.336 e. The molecule has 20 heavy (non-hydrogen) atoms. The molecule has 0 aromatic carbocycles. The Balaban J connectivity index is 2.36. The van der Waals surface area contributed by atoms with E-state index in [0.29, 0.717) is 5.92 Å². The van der Waals surface area contributed by atoms with E-state index >= 15 is 0 Å². The standard InChI is InChI=1S/C15H29N3O2/c1-11(2)16-15(20)17-14(19)12(3)18(4)10-13-8-6-5-7-9-13/h11-13H,5-10H2,1-4H3,(H2,16,17,19,20)/t12-/m1/s1. The van der Waals surface area contributed by atoms with Crippen LogP contribution in [0.15, 0.2) is 0 Å². The van der Waals surface area contributed by atoms with Gasteiger partial charge in [-0.25, -0.2) is 4.79 Å². The maximum absolute atomic E-state index is 12.0. The number of carbonyl (C=O) groups excluding carboxylic acids is 2. The second-order valence-corrected chi connectivity index (χ2v) is 6.24. The van der Waals surface area contributed by atoms with E-state index in [1.54, 1.807) is 0 Å². The van der Waals surface area contributed by atoms with E-state index in [1.165, 1.54) is 32.1 Å². The molecular formula is C15H29N3O2. The van der Waals surface area contributed by atoms with E-state index in [1.807, 2.05) is 32.7 Å². The quantitative estimate of drug-likeness (QED) is 0.812. The minimum Gasteiger partial charge on any atom is -0.336 e. The summed E-state index contributed by atoms with van der Waals surface area (Å²) in [5, 5.41) is 5.06. The minimum absolute atomic E-state index is 0.0260. The lowest BCUT2D eigenvalue weighted by Gasteiger charge is -2.30. The summed E-state index contributed by atoms with van der Waals surface area (Å²) in [5.74, 6) is 0.454. The molecule has 1 atom stereocenters. The summed E-state index contributed by atoms with van der Waals surface area (Å²) in [6.45, 7) is 6.51. The van der Waals surface area contributed by atoms with Gasteiger partial charge in [-0.1, -0.05) is 19.3 Å². The van der Waals surface area contributed by atoms with Gasteiger partial charge in [0.15, 0.2) is 0 Å². The molecule has 0 aromatic rings. The number of nitrogens with zero attached hydrogens (tertiary/aromatic N) is 1. The van der Waals surface area contributed by atoms with Crippen molar-refractivity contribution in [3.05, 3.63) is 0 Å². The molecular weight excluding hydrogens is 254 g/mol. The van der Waals surface area contributed by atoms with Gasteiger partial charge in [-0.05, 0) is 46.6 Å². The van der Waals surface area contributed by atoms with E-state index in [-0.39, 0.29) is 18.0 Å². The molecule has 1 aliphatic carbocycles. The molecule has 116 valence electrons. The summed E-state index contributed by atoms with van der Waals surface area (Å²) in [7, 11) is 1.96. The highest BCUT2D eigenvalue weighted by molar-refractivity contribution is 5.96. The molecule has 3 amide bonds. The van der Waals surface area contributed by atoms with Gasteiger partial charge in [0.2, 0.25) is 5.91 Å². The van der Waals surface area contributed by atoms with Crippen LogP contribution in [0.5, 0.6) is 0 Å². The number of imide groups is 1. The van der Waals surface area contributed by atoms with Crippen molar-refractivity contribution in [1.29, 1.82) is 0 Å². The highest BCUT2D eigenvalue weighted by Crippen LogP contribution is 2.24. The Labute approximate surface area is 122 Å². The Kier molecular flexibility index (Phi) is 6.99. The van der Waals surface area contributed by atoms with Crippen LogP contribution in [0.4, 0.5) is 4.79 Å². The van der Waals surface area contributed by atoms with Crippen LogP contribution >= 0.6 is 0 Å². The number of nitrogens with one attached hydrogen (secondary N) is 2. The lowest BCUT2D eigenvalue weighted by molar-refractivity contribution is -0.124. The molecule has 0 saturated heterocycles. The summed E-state index contributed by atoms with van der Waals surface area (Å²) in [6.07, 6.45) is 6.45. The SMILES string of the molecule is CC(C)NC(=O)NC(=O)[C@@H](C)N(C)CC1CCCCC1. The number of urea groups is 1. The Bertz CT molecular complexity index is 325. The van der Waals surface area contributed by atoms with Gasteiger partial charge in [0.25, 0.3) is 0 Å². The van der Waals surface area contributed by atoms with Crippen LogP contribution in [0.25, 0.3) is 0 Å². The molecule has 0 aromatic heterocycles. The Hall–Kier alpha value is -1.10. The van der Waals surface area contributed by atoms with Gasteiger partial charge in [-0.15, -0.1) is 0 Å². The smallest absolute Gasteiger partial charge is 0.321 e. The second-order valence-electron chi connectivity index (χ2n) is 6.24. The molecule has 5 nitrogen and oxygen atoms in total. The highest BCUT2D eigenvalue weighted by Gasteiger charge is 2.23. The van der Waals surface area contributed by atoms with Crippen molar-refractivity contribution in [2.45, 2.75) is 65.0 Å². The Morgan fingerprint density at radius 2 is 1.75 bits per heavy atom. The average Bonchev–Trinajstić information content (AvgIpc) is 2.37. The normalized spacial score (nSPS) is 18.1. The zero-order chi connectivity index (χ0) is 15.1. The van der Waals surface area contributed by atoms with E-state index in [2.05, 4.69) is 10.6 Å². The number of likely N-dealkylation sites (N-methyl/N-ethyl adjacent to an activating group) is 1. The van der Waals surface area contributed by atoms with Crippen molar-refractivity contribution in [2.75, 3.05) is 13.6 Å². The molecule has 0 bridgehead atoms. The monoisotopic (exact) mass is 283 g/mol. The van der Waals surface area contributed by atoms with Gasteiger partial charge in [0, 0.05) is 12.6 Å². The molecule has 1 aliphatic rings. The third kappa shape index (κ3) is 5.90. The molecule has 0 radical (unpaired) electrons. The topological polar surface area (TPSA) is 61.4 Å². The van der Waals surface area contributed by atoms with E-state index < -0.39 is 6.03 Å². The van der Waals surface area contributed by atoms with Crippen LogP contribution in [0.1, 0.15) is 52.9 Å². The lowest BCUT2D eigenvalue weighted by Crippen LogP contribution is -2.50. The van der Waals surface area contributed by atoms with Crippen molar-refractivity contribution in [2.24, 2.45) is 5.92 Å². The number of carbonyl (C=O) groups is 2. The third-order valence-electron chi connectivity index (χ3n) is 3.97. The van der Waals surface area contributed by atoms with Gasteiger partial charge in [0.05, 0.1) is 6.04 Å². The number of hydrogen-bond donors (Lipinski definition) is 2. The van der Waals surface area contributed by atoms with Gasteiger partial charge >= 0.3 is 6.03 Å². The van der Waals surface area contributed by atoms with Gasteiger partial charge in [0.1, 0.15) is 0 Å². The lowest BCUT2D eigenvalue weighted by atomic mass is 9.89. The summed E-state index contributed by atoms with van der Waals surface area (Å²) in [5.41, 5.74) is 0. The molecule has 0 spiro atoms. The summed E-state index contributed by atoms with van der Waals surface area (Å²) >= 11 is 0. The molecule has 2 N–H and O–H groups in total. The van der Waals surface area contributed by atoms with Crippen LogP contribution in [-0.4, -0.2) is 42.5 Å². The number of amides is 3. The van der Waals surface area contributed by atoms with Gasteiger partial charge < -0.3 is 5.32 Å². The summed E-state index contributed by atoms with van der Waals surface area (Å²) in [6, 6.07) is -0.671. The highest BCUT2D eigenvalue weighted by atomic mass is 16.2. The first-order valence-electron chi connectivity index (χ1n) is 7.71. The maximum atomic E-state index is 12.0. The first-order chi connectivity index (χ1) is 9.40. The molecule has 0 heterocycles. The van der Waals surface area contributed by atoms with Crippen LogP contribution in [0.3, 0.4) is 0 Å². The predicted octanol–water partition coefficient (Wildman–Crippen LogP) is 2.12. The van der Waals surface area contributed by atoms with E-state index in [0.717, 1.165) is 6.54 Å². The minimum atomic E-state index is -0.414. The molecule has 1 rings (SSSR count). The van der Waals surface area contributed by atoms with Crippen molar-refractivity contribution in [3.63, 3.8) is 0 Å². The fourth-order valence-electron chi connectivity index (χ4n) is 2.65. The van der Waals surface area contributed by atoms with Gasteiger partial charge in [-0.3, -0.25) is 15.0 Å². The third-order valence-corrected chi connectivity index (χ3v) is 3.97. The summed E-state index contributed by atoms with van der Waals surface area (Å²) in [4.78, 5) is 25.6. The maximum Gasteiger partial charge on any atom is 0.321 e. The Morgan fingerprint density at radius 1 is 1.15 bits per heavy atom. The predicted molar refractivity (Wildman–Crippen MR) is 80.5 cm³/mol. The fraction of sp³-hybridized carbons (Fsp3) is 0.867. The van der Waals surface area contributed by atoms with Crippen molar-refractivity contribution in [1.82, 2.24) is 15.5 Å². The molecule has 1 saturated carbocycles. The number of rotatable bonds is 5. The van der Waals surface area contributed by atoms with Crippen molar-refractivity contribution < 1.29 is 9.59 Å². The summed E-state index contributed by atoms with van der Waals surface area (Å²) < 4.78 is 0. The first-order valence-corrected chi connectivity index (χ1v) is 7.71. The second kappa shape index (κ2) is 8.25. The molecule has 5 heteroatoms. The van der Waals surface area contributed by atoms with E-state index in [4.69, 9.17) is 0 Å². The van der Waals surface area contributed by atoms with Crippen LogP contribution in [0, 0.1) is 5.92 Å². The van der Waals surface area contributed by atoms with Gasteiger partial charge in [-0.2, -0.15) is 0 Å². The van der Waals surface area contributed by atoms with Crippen molar-refractivity contribution >= 4 is 11.9 Å². The zero-order valence-electron chi connectivity index (χ0n) is 13.2. The molecule has 0 unspecified atom stereocenters. The van der Waals surface area contributed by atoms with Crippen LogP contribution in [-0.2, 0) is 4.79 Å². The van der Waals surface area contributed by atoms with Crippen molar-refractivity contribution in [3.8, 4) is 0 Å². The Morgan fingerprint density at radius 3 is 2.30 bits per heavy atom. The van der Waals surface area contributed by atoms with E-state index in [9.17, 15) is 9.59 Å². The number of hydrogen-bond acceptors (Lipinski definition) is 3. The van der Waals surface area contributed by atoms with Crippen LogP contribution < -0.4 is 10.6 Å². The molecule has 1 fully saturated rings. The fourth-order valence-corrected chi connectivity index (χ4v) is 2.65. The average molecular weight is 283 g/mol. The molecule has 0 aliphatic heterocycles. The zero-order valence-corrected chi connectivity index (χ0v) is 13.2. The van der Waals surface area contributed by atoms with Crippen LogP contribution in [0.2, 0.25) is 0 Å². The first kappa shape index (κ1) is 17.0.